The van der Waals surface area contributed by atoms with E-state index in [9.17, 15) is 4.79 Å². The molecule has 2 aromatic heterocycles. The van der Waals surface area contributed by atoms with Crippen molar-refractivity contribution < 1.29 is 4.79 Å². The molecule has 0 aromatic carbocycles. The van der Waals surface area contributed by atoms with Crippen LogP contribution in [0.4, 0.5) is 5.69 Å². The Morgan fingerprint density at radius 3 is 2.52 bits per heavy atom. The van der Waals surface area contributed by atoms with Crippen LogP contribution in [0.15, 0.2) is 30.9 Å². The predicted molar refractivity (Wildman–Crippen MR) is 115 cm³/mol. The zero-order valence-electron chi connectivity index (χ0n) is 17.5. The van der Waals surface area contributed by atoms with Crippen LogP contribution >= 0.6 is 11.6 Å². The summed E-state index contributed by atoms with van der Waals surface area (Å²) in [6, 6.07) is 2.32. The van der Waals surface area contributed by atoms with Crippen LogP contribution in [0.1, 0.15) is 46.5 Å². The van der Waals surface area contributed by atoms with E-state index in [1.165, 1.54) is 0 Å². The van der Waals surface area contributed by atoms with Crippen LogP contribution in [0.25, 0.3) is 5.69 Å². The first-order chi connectivity index (χ1) is 13.8. The van der Waals surface area contributed by atoms with Crippen molar-refractivity contribution in [1.82, 2.24) is 19.7 Å². The number of pyridine rings is 1. The van der Waals surface area contributed by atoms with Crippen LogP contribution < -0.4 is 4.90 Å². The molecule has 0 aliphatic carbocycles. The Bertz CT molecular complexity index is 866. The quantitative estimate of drug-likeness (QED) is 0.754. The summed E-state index contributed by atoms with van der Waals surface area (Å²) in [6.07, 6.45) is 11.1. The number of nitrogens with zero attached hydrogens (tertiary/aromatic N) is 5. The number of hydrogen-bond donors (Lipinski definition) is 0. The fourth-order valence-corrected chi connectivity index (χ4v) is 4.92. The van der Waals surface area contributed by atoms with E-state index >= 15 is 0 Å². The maximum atomic E-state index is 13.3. The molecular formula is C22H30ClN5O. The minimum atomic E-state index is 0.119. The number of aromatic nitrogens is 3. The number of hydrogen-bond acceptors (Lipinski definition) is 4. The molecule has 0 bridgehead atoms. The smallest absolute Gasteiger partial charge is 0.226 e. The summed E-state index contributed by atoms with van der Waals surface area (Å²) in [5.41, 5.74) is 2.14. The molecule has 0 saturated carbocycles. The lowest BCUT2D eigenvalue weighted by Gasteiger charge is -2.39. The zero-order valence-corrected chi connectivity index (χ0v) is 18.3. The SMILES string of the molecule is CC(C)(C)[C@H]1CCCN1C(=O)C1CCN(c2cnccc2-n2cc(Cl)cn2)CC1. The van der Waals surface area contributed by atoms with Gasteiger partial charge in [0.05, 0.1) is 28.8 Å². The third kappa shape index (κ3) is 4.13. The fourth-order valence-electron chi connectivity index (χ4n) is 4.78. The largest absolute Gasteiger partial charge is 0.368 e. The standard InChI is InChI=1S/C22H30ClN5O/c1-22(2,3)20-5-4-10-27(20)21(29)16-7-11-26(12-8-16)19-14-24-9-6-18(19)28-15-17(23)13-25-28/h6,9,13-16,20H,4-5,7-8,10-12H2,1-3H3/t20-/m1/s1. The van der Waals surface area contributed by atoms with Crippen molar-refractivity contribution in [2.75, 3.05) is 24.5 Å². The maximum absolute atomic E-state index is 13.3. The van der Waals surface area contributed by atoms with Gasteiger partial charge in [0.25, 0.3) is 0 Å². The number of rotatable bonds is 3. The normalized spacial score (nSPS) is 21.0. The lowest BCUT2D eigenvalue weighted by Crippen LogP contribution is -2.48. The van der Waals surface area contributed by atoms with Gasteiger partial charge in [-0.25, -0.2) is 4.68 Å². The van der Waals surface area contributed by atoms with Gasteiger partial charge in [-0.2, -0.15) is 5.10 Å². The zero-order chi connectivity index (χ0) is 20.6. The highest BCUT2D eigenvalue weighted by Crippen LogP contribution is 2.35. The minimum Gasteiger partial charge on any atom is -0.368 e. The number of piperidine rings is 1. The molecule has 4 heterocycles. The Balaban J connectivity index is 1.45. The van der Waals surface area contributed by atoms with Gasteiger partial charge in [-0.3, -0.25) is 9.78 Å². The Hall–Kier alpha value is -2.08. The van der Waals surface area contributed by atoms with Crippen LogP contribution in [0.3, 0.4) is 0 Å². The van der Waals surface area contributed by atoms with Crippen LogP contribution in [0.5, 0.6) is 0 Å². The van der Waals surface area contributed by atoms with E-state index in [0.29, 0.717) is 17.0 Å². The lowest BCUT2D eigenvalue weighted by molar-refractivity contribution is -0.139. The summed E-state index contributed by atoms with van der Waals surface area (Å²) in [6.45, 7) is 9.34. The van der Waals surface area contributed by atoms with Crippen molar-refractivity contribution >= 4 is 23.2 Å². The second-order valence-electron chi connectivity index (χ2n) is 9.28. The highest BCUT2D eigenvalue weighted by molar-refractivity contribution is 6.30. The minimum absolute atomic E-state index is 0.119. The number of carbonyl (C=O) groups is 1. The molecule has 1 amide bonds. The number of likely N-dealkylation sites (tertiary alicyclic amines) is 1. The van der Waals surface area contributed by atoms with Crippen LogP contribution in [0.2, 0.25) is 5.02 Å². The third-order valence-electron chi connectivity index (χ3n) is 6.30. The van der Waals surface area contributed by atoms with E-state index in [-0.39, 0.29) is 11.3 Å². The van der Waals surface area contributed by atoms with Gasteiger partial charge < -0.3 is 9.80 Å². The molecule has 0 radical (unpaired) electrons. The fraction of sp³-hybridized carbons (Fsp3) is 0.591. The van der Waals surface area contributed by atoms with Gasteiger partial charge in [0.2, 0.25) is 5.91 Å². The first kappa shape index (κ1) is 20.2. The van der Waals surface area contributed by atoms with Gasteiger partial charge in [0.15, 0.2) is 0 Å². The lowest BCUT2D eigenvalue weighted by atomic mass is 9.84. The highest BCUT2D eigenvalue weighted by Gasteiger charge is 2.39. The van der Waals surface area contributed by atoms with Crippen molar-refractivity contribution in [1.29, 1.82) is 0 Å². The molecule has 2 aromatic rings. The van der Waals surface area contributed by atoms with Gasteiger partial charge in [-0.05, 0) is 37.2 Å². The van der Waals surface area contributed by atoms with Crippen LogP contribution in [0, 0.1) is 11.3 Å². The molecule has 29 heavy (non-hydrogen) atoms. The molecule has 7 heteroatoms. The van der Waals surface area contributed by atoms with Gasteiger partial charge in [-0.15, -0.1) is 0 Å². The second-order valence-corrected chi connectivity index (χ2v) is 9.72. The van der Waals surface area contributed by atoms with Crippen molar-refractivity contribution in [3.8, 4) is 5.69 Å². The van der Waals surface area contributed by atoms with Crippen molar-refractivity contribution in [3.63, 3.8) is 0 Å². The molecule has 6 nitrogen and oxygen atoms in total. The number of halogens is 1. The molecule has 2 aliphatic heterocycles. The average Bonchev–Trinajstić information content (AvgIpc) is 3.37. The average molecular weight is 416 g/mol. The number of carbonyl (C=O) groups excluding carboxylic acids is 1. The molecule has 2 saturated heterocycles. The molecule has 0 N–H and O–H groups in total. The Morgan fingerprint density at radius 2 is 1.86 bits per heavy atom. The molecule has 0 spiro atoms. The summed E-state index contributed by atoms with van der Waals surface area (Å²) >= 11 is 6.05. The first-order valence-electron chi connectivity index (χ1n) is 10.5. The van der Waals surface area contributed by atoms with E-state index in [4.69, 9.17) is 11.6 Å². The first-order valence-corrected chi connectivity index (χ1v) is 10.9. The van der Waals surface area contributed by atoms with Crippen molar-refractivity contribution in [2.24, 2.45) is 11.3 Å². The molecule has 4 rings (SSSR count). The van der Waals surface area contributed by atoms with Crippen molar-refractivity contribution in [2.45, 2.75) is 52.5 Å². The molecule has 2 aliphatic rings. The second kappa shape index (κ2) is 7.98. The maximum Gasteiger partial charge on any atom is 0.226 e. The number of anilines is 1. The summed E-state index contributed by atoms with van der Waals surface area (Å²) in [5, 5.41) is 4.95. The topological polar surface area (TPSA) is 54.3 Å². The molecule has 156 valence electrons. The van der Waals surface area contributed by atoms with E-state index in [1.54, 1.807) is 23.3 Å². The van der Waals surface area contributed by atoms with Gasteiger partial charge in [0.1, 0.15) is 0 Å². The molecule has 0 unspecified atom stereocenters. The molecule has 1 atom stereocenters. The van der Waals surface area contributed by atoms with E-state index in [1.807, 2.05) is 12.3 Å². The Kier molecular flexibility index (Phi) is 5.56. The van der Waals surface area contributed by atoms with E-state index in [0.717, 1.165) is 56.7 Å². The van der Waals surface area contributed by atoms with Gasteiger partial charge >= 0.3 is 0 Å². The van der Waals surface area contributed by atoms with Crippen LogP contribution in [-0.4, -0.2) is 51.2 Å². The molecule has 2 fully saturated rings. The third-order valence-corrected chi connectivity index (χ3v) is 6.49. The number of amides is 1. The van der Waals surface area contributed by atoms with Crippen LogP contribution in [-0.2, 0) is 4.79 Å². The highest BCUT2D eigenvalue weighted by atomic mass is 35.5. The van der Waals surface area contributed by atoms with Crippen molar-refractivity contribution in [3.05, 3.63) is 35.9 Å². The predicted octanol–water partition coefficient (Wildman–Crippen LogP) is 4.17. The molecular weight excluding hydrogens is 386 g/mol. The van der Waals surface area contributed by atoms with Gasteiger partial charge in [-0.1, -0.05) is 32.4 Å². The van der Waals surface area contributed by atoms with E-state index < -0.39 is 0 Å². The Labute approximate surface area is 177 Å². The summed E-state index contributed by atoms with van der Waals surface area (Å²) in [5.74, 6) is 0.473. The Morgan fingerprint density at radius 1 is 1.10 bits per heavy atom. The van der Waals surface area contributed by atoms with Gasteiger partial charge in [0, 0.05) is 44.0 Å². The summed E-state index contributed by atoms with van der Waals surface area (Å²) in [4.78, 5) is 22.1. The monoisotopic (exact) mass is 415 g/mol. The summed E-state index contributed by atoms with van der Waals surface area (Å²) in [7, 11) is 0. The van der Waals surface area contributed by atoms with E-state index in [2.05, 4.69) is 40.7 Å². The summed E-state index contributed by atoms with van der Waals surface area (Å²) < 4.78 is 1.79.